The van der Waals surface area contributed by atoms with E-state index in [9.17, 15) is 21.6 Å². The van der Waals surface area contributed by atoms with Crippen molar-refractivity contribution >= 4 is 40.0 Å². The van der Waals surface area contributed by atoms with Crippen molar-refractivity contribution in [3.8, 4) is 0 Å². The number of piperidine rings is 1. The Morgan fingerprint density at radius 1 is 1.38 bits per heavy atom. The van der Waals surface area contributed by atoms with E-state index in [0.717, 1.165) is 5.69 Å². The van der Waals surface area contributed by atoms with E-state index in [2.05, 4.69) is 20.7 Å². The topological polar surface area (TPSA) is 91.6 Å². The van der Waals surface area contributed by atoms with Crippen LogP contribution < -0.4 is 10.6 Å². The Bertz CT molecular complexity index is 714. The highest BCUT2D eigenvalue weighted by atomic mass is 127. The summed E-state index contributed by atoms with van der Waals surface area (Å²) in [6.45, 7) is 0.119. The van der Waals surface area contributed by atoms with Gasteiger partial charge in [0.1, 0.15) is 0 Å². The van der Waals surface area contributed by atoms with Gasteiger partial charge in [-0.3, -0.25) is 9.67 Å². The summed E-state index contributed by atoms with van der Waals surface area (Å²) in [5.41, 5.74) is -4.32. The molecular formula is C13H22F3IN6O2S. The molecule has 2 heterocycles. The SMILES string of the molecule is CN=C(NCc1ccnn1C)NC1CCN(S(=O)(=O)C(F)(F)F)CC1.I. The predicted octanol–water partition coefficient (Wildman–Crippen LogP) is 1.02. The third kappa shape index (κ3) is 5.45. The molecule has 0 radical (unpaired) electrons. The molecule has 1 aromatic heterocycles. The number of aryl methyl sites for hydroxylation is 1. The van der Waals surface area contributed by atoms with Crippen LogP contribution in [-0.4, -0.2) is 60.2 Å². The normalized spacial score (nSPS) is 17.7. The number of hydrogen-bond acceptors (Lipinski definition) is 4. The van der Waals surface area contributed by atoms with Crippen molar-refractivity contribution in [1.29, 1.82) is 0 Å². The molecule has 8 nitrogen and oxygen atoms in total. The lowest BCUT2D eigenvalue weighted by atomic mass is 10.1. The van der Waals surface area contributed by atoms with Crippen LogP contribution in [0.1, 0.15) is 18.5 Å². The summed E-state index contributed by atoms with van der Waals surface area (Å²) in [5, 5.41) is 10.2. The summed E-state index contributed by atoms with van der Waals surface area (Å²) >= 11 is 0. The molecule has 0 saturated carbocycles. The second kappa shape index (κ2) is 9.21. The van der Waals surface area contributed by atoms with Gasteiger partial charge in [0, 0.05) is 39.4 Å². The molecule has 0 amide bonds. The van der Waals surface area contributed by atoms with Gasteiger partial charge in [-0.25, -0.2) is 8.42 Å². The van der Waals surface area contributed by atoms with E-state index in [-0.39, 0.29) is 55.9 Å². The summed E-state index contributed by atoms with van der Waals surface area (Å²) < 4.78 is 62.7. The van der Waals surface area contributed by atoms with Crippen LogP contribution in [0.25, 0.3) is 0 Å². The van der Waals surface area contributed by atoms with Crippen molar-refractivity contribution in [3.63, 3.8) is 0 Å². The number of alkyl halides is 3. The summed E-state index contributed by atoms with van der Waals surface area (Å²) in [7, 11) is -1.86. The highest BCUT2D eigenvalue weighted by molar-refractivity contribution is 14.0. The molecule has 0 aromatic carbocycles. The maximum absolute atomic E-state index is 12.6. The summed E-state index contributed by atoms with van der Waals surface area (Å²) in [4.78, 5) is 4.07. The number of nitrogens with one attached hydrogen (secondary N) is 2. The molecule has 0 aliphatic carbocycles. The Morgan fingerprint density at radius 2 is 2.00 bits per heavy atom. The Balaban J connectivity index is 0.00000338. The second-order valence-electron chi connectivity index (χ2n) is 5.64. The lowest BCUT2D eigenvalue weighted by Crippen LogP contribution is -2.51. The van der Waals surface area contributed by atoms with Gasteiger partial charge in [-0.1, -0.05) is 0 Å². The van der Waals surface area contributed by atoms with Crippen molar-refractivity contribution in [2.45, 2.75) is 30.9 Å². The van der Waals surface area contributed by atoms with Crippen molar-refractivity contribution in [2.24, 2.45) is 12.0 Å². The zero-order valence-electron chi connectivity index (χ0n) is 14.3. The van der Waals surface area contributed by atoms with E-state index < -0.39 is 15.5 Å². The van der Waals surface area contributed by atoms with E-state index in [1.165, 1.54) is 0 Å². The van der Waals surface area contributed by atoms with Crippen LogP contribution in [0.5, 0.6) is 0 Å². The number of halogens is 4. The standard InChI is InChI=1S/C13H21F3N6O2S.HI/c1-17-12(18-9-11-3-6-19-21(11)2)20-10-4-7-22(8-5-10)25(23,24)13(14,15)16;/h3,6,10H,4-5,7-9H2,1-2H3,(H2,17,18,20);1H. The first kappa shape index (κ1) is 23.0. The maximum Gasteiger partial charge on any atom is 0.511 e. The average Bonchev–Trinajstić information content (AvgIpc) is 2.96. The summed E-state index contributed by atoms with van der Waals surface area (Å²) in [5.74, 6) is 0.498. The average molecular weight is 510 g/mol. The molecule has 0 bridgehead atoms. The summed E-state index contributed by atoms with van der Waals surface area (Å²) in [6, 6.07) is 1.69. The monoisotopic (exact) mass is 510 g/mol. The molecule has 0 unspecified atom stereocenters. The second-order valence-corrected chi connectivity index (χ2v) is 7.57. The Morgan fingerprint density at radius 3 is 2.46 bits per heavy atom. The number of aliphatic imine (C=N–C) groups is 1. The number of nitrogens with zero attached hydrogens (tertiary/aromatic N) is 4. The number of aromatic nitrogens is 2. The minimum Gasteiger partial charge on any atom is -0.354 e. The van der Waals surface area contributed by atoms with Gasteiger partial charge in [-0.2, -0.15) is 22.6 Å². The zero-order chi connectivity index (χ0) is 18.7. The van der Waals surface area contributed by atoms with Crippen LogP contribution >= 0.6 is 24.0 Å². The van der Waals surface area contributed by atoms with Crippen LogP contribution in [-0.2, 0) is 23.6 Å². The molecule has 1 aliphatic heterocycles. The van der Waals surface area contributed by atoms with Gasteiger partial charge in [0.05, 0.1) is 12.2 Å². The first-order chi connectivity index (χ1) is 11.6. The van der Waals surface area contributed by atoms with Crippen molar-refractivity contribution in [3.05, 3.63) is 18.0 Å². The predicted molar refractivity (Wildman–Crippen MR) is 102 cm³/mol. The molecule has 0 atom stereocenters. The first-order valence-electron chi connectivity index (χ1n) is 7.65. The number of sulfonamides is 1. The molecular weight excluding hydrogens is 488 g/mol. The first-order valence-corrected chi connectivity index (χ1v) is 9.09. The van der Waals surface area contributed by atoms with E-state index in [0.29, 0.717) is 16.8 Å². The fourth-order valence-electron chi connectivity index (χ4n) is 2.52. The van der Waals surface area contributed by atoms with Gasteiger partial charge < -0.3 is 10.6 Å². The molecule has 1 saturated heterocycles. The minimum absolute atomic E-state index is 0. The fraction of sp³-hybridized carbons (Fsp3) is 0.692. The molecule has 1 aromatic rings. The van der Waals surface area contributed by atoms with Gasteiger partial charge in [-0.15, -0.1) is 24.0 Å². The number of guanidine groups is 1. The minimum atomic E-state index is -5.26. The van der Waals surface area contributed by atoms with E-state index in [4.69, 9.17) is 0 Å². The lowest BCUT2D eigenvalue weighted by molar-refractivity contribution is -0.0494. The summed E-state index contributed by atoms with van der Waals surface area (Å²) in [6.07, 6.45) is 2.20. The van der Waals surface area contributed by atoms with Gasteiger partial charge in [-0.05, 0) is 18.9 Å². The molecule has 1 aliphatic rings. The highest BCUT2D eigenvalue weighted by Crippen LogP contribution is 2.28. The fourth-order valence-corrected chi connectivity index (χ4v) is 3.51. The Hall–Kier alpha value is -1.09. The van der Waals surface area contributed by atoms with Gasteiger partial charge >= 0.3 is 15.5 Å². The quantitative estimate of drug-likeness (QED) is 0.359. The molecule has 26 heavy (non-hydrogen) atoms. The largest absolute Gasteiger partial charge is 0.511 e. The molecule has 13 heteroatoms. The Kier molecular flexibility index (Phi) is 8.13. The Labute approximate surface area is 167 Å². The van der Waals surface area contributed by atoms with Crippen LogP contribution in [0, 0.1) is 0 Å². The smallest absolute Gasteiger partial charge is 0.354 e. The van der Waals surface area contributed by atoms with Gasteiger partial charge in [0.2, 0.25) is 0 Å². The van der Waals surface area contributed by atoms with E-state index in [1.54, 1.807) is 17.9 Å². The van der Waals surface area contributed by atoms with Crippen LogP contribution in [0.4, 0.5) is 13.2 Å². The van der Waals surface area contributed by atoms with Gasteiger partial charge in [0.15, 0.2) is 5.96 Å². The van der Waals surface area contributed by atoms with E-state index in [1.807, 2.05) is 13.1 Å². The third-order valence-corrected chi connectivity index (χ3v) is 5.64. The van der Waals surface area contributed by atoms with Gasteiger partial charge in [0.25, 0.3) is 0 Å². The van der Waals surface area contributed by atoms with Crippen LogP contribution in [0.3, 0.4) is 0 Å². The van der Waals surface area contributed by atoms with Crippen molar-refractivity contribution < 1.29 is 21.6 Å². The number of rotatable bonds is 4. The maximum atomic E-state index is 12.6. The molecule has 0 spiro atoms. The molecule has 2 rings (SSSR count). The third-order valence-electron chi connectivity index (χ3n) is 4.01. The molecule has 150 valence electrons. The molecule has 1 fully saturated rings. The van der Waals surface area contributed by atoms with Crippen LogP contribution in [0.2, 0.25) is 0 Å². The lowest BCUT2D eigenvalue weighted by Gasteiger charge is -2.32. The molecule has 2 N–H and O–H groups in total. The zero-order valence-corrected chi connectivity index (χ0v) is 17.5. The highest BCUT2D eigenvalue weighted by Gasteiger charge is 2.50. The van der Waals surface area contributed by atoms with Crippen molar-refractivity contribution in [1.82, 2.24) is 24.7 Å². The van der Waals surface area contributed by atoms with Crippen molar-refractivity contribution in [2.75, 3.05) is 20.1 Å². The number of hydrogen-bond donors (Lipinski definition) is 2. The van der Waals surface area contributed by atoms with Crippen LogP contribution in [0.15, 0.2) is 17.3 Å². The van der Waals surface area contributed by atoms with E-state index >= 15 is 0 Å².